The SMILES string of the molecule is Cc1sc(CN)cc1S(=O)(=O)NCC(C)N1CCCC1. The normalized spacial score (nSPS) is 18.6. The van der Waals surface area contributed by atoms with Crippen LogP contribution in [0, 0.1) is 6.92 Å². The number of nitrogens with one attached hydrogen (secondary N) is 1. The van der Waals surface area contributed by atoms with Gasteiger partial charge in [-0.15, -0.1) is 11.3 Å². The molecule has 0 amide bonds. The molecule has 1 fully saturated rings. The third-order valence-corrected chi connectivity index (χ3v) is 6.50. The van der Waals surface area contributed by atoms with Crippen LogP contribution in [0.15, 0.2) is 11.0 Å². The largest absolute Gasteiger partial charge is 0.326 e. The Morgan fingerprint density at radius 3 is 2.65 bits per heavy atom. The second-order valence-corrected chi connectivity index (χ2v) is 8.36. The first-order chi connectivity index (χ1) is 9.44. The summed E-state index contributed by atoms with van der Waals surface area (Å²) < 4.78 is 27.4. The van der Waals surface area contributed by atoms with E-state index in [9.17, 15) is 8.42 Å². The molecule has 2 rings (SSSR count). The summed E-state index contributed by atoms with van der Waals surface area (Å²) in [5, 5.41) is 0. The Balaban J connectivity index is 2.01. The summed E-state index contributed by atoms with van der Waals surface area (Å²) >= 11 is 1.45. The number of thiophene rings is 1. The van der Waals surface area contributed by atoms with Crippen LogP contribution >= 0.6 is 11.3 Å². The van der Waals surface area contributed by atoms with E-state index < -0.39 is 10.0 Å². The van der Waals surface area contributed by atoms with E-state index in [4.69, 9.17) is 5.73 Å². The van der Waals surface area contributed by atoms with Gasteiger partial charge in [0.2, 0.25) is 10.0 Å². The minimum Gasteiger partial charge on any atom is -0.326 e. The van der Waals surface area contributed by atoms with Crippen molar-refractivity contribution in [1.29, 1.82) is 0 Å². The zero-order chi connectivity index (χ0) is 14.8. The number of hydrogen-bond donors (Lipinski definition) is 2. The van der Waals surface area contributed by atoms with Crippen molar-refractivity contribution in [1.82, 2.24) is 9.62 Å². The second-order valence-electron chi connectivity index (χ2n) is 5.28. The van der Waals surface area contributed by atoms with Gasteiger partial charge in [-0.05, 0) is 45.8 Å². The predicted molar refractivity (Wildman–Crippen MR) is 82.4 cm³/mol. The van der Waals surface area contributed by atoms with Crippen molar-refractivity contribution in [2.75, 3.05) is 19.6 Å². The Morgan fingerprint density at radius 2 is 2.10 bits per heavy atom. The van der Waals surface area contributed by atoms with E-state index in [1.807, 2.05) is 6.92 Å². The smallest absolute Gasteiger partial charge is 0.241 e. The zero-order valence-corrected chi connectivity index (χ0v) is 13.7. The first kappa shape index (κ1) is 15.9. The maximum absolute atomic E-state index is 12.3. The summed E-state index contributed by atoms with van der Waals surface area (Å²) in [4.78, 5) is 4.40. The van der Waals surface area contributed by atoms with Crippen LogP contribution in [-0.4, -0.2) is 39.0 Å². The molecule has 0 bridgehead atoms. The Hall–Kier alpha value is -0.470. The molecule has 0 aromatic carbocycles. The molecule has 3 N–H and O–H groups in total. The molecular formula is C13H23N3O2S2. The predicted octanol–water partition coefficient (Wildman–Crippen LogP) is 1.28. The van der Waals surface area contributed by atoms with Gasteiger partial charge in [0.05, 0.1) is 4.90 Å². The van der Waals surface area contributed by atoms with E-state index >= 15 is 0 Å². The number of nitrogens with zero attached hydrogens (tertiary/aromatic N) is 1. The maximum atomic E-state index is 12.3. The summed E-state index contributed by atoms with van der Waals surface area (Å²) in [5.41, 5.74) is 5.57. The van der Waals surface area contributed by atoms with Crippen molar-refractivity contribution >= 4 is 21.4 Å². The van der Waals surface area contributed by atoms with Gasteiger partial charge in [0.25, 0.3) is 0 Å². The van der Waals surface area contributed by atoms with Crippen LogP contribution < -0.4 is 10.5 Å². The van der Waals surface area contributed by atoms with Crippen LogP contribution in [0.3, 0.4) is 0 Å². The van der Waals surface area contributed by atoms with E-state index in [0.29, 0.717) is 18.0 Å². The molecule has 1 atom stereocenters. The molecule has 1 unspecified atom stereocenters. The van der Waals surface area contributed by atoms with Crippen molar-refractivity contribution in [3.63, 3.8) is 0 Å². The number of rotatable bonds is 6. The highest BCUT2D eigenvalue weighted by molar-refractivity contribution is 7.89. The van der Waals surface area contributed by atoms with Crippen LogP contribution in [0.2, 0.25) is 0 Å². The summed E-state index contributed by atoms with van der Waals surface area (Å²) in [6, 6.07) is 1.92. The maximum Gasteiger partial charge on any atom is 0.241 e. The summed E-state index contributed by atoms with van der Waals surface area (Å²) in [7, 11) is -3.43. The quantitative estimate of drug-likeness (QED) is 0.829. The molecule has 1 aromatic heterocycles. The lowest BCUT2D eigenvalue weighted by molar-refractivity contribution is 0.260. The molecule has 1 aromatic rings. The van der Waals surface area contributed by atoms with Crippen molar-refractivity contribution in [2.45, 2.75) is 44.2 Å². The molecular weight excluding hydrogens is 294 g/mol. The second kappa shape index (κ2) is 6.53. The lowest BCUT2D eigenvalue weighted by atomic mass is 10.3. The third-order valence-electron chi connectivity index (χ3n) is 3.75. The zero-order valence-electron chi connectivity index (χ0n) is 12.1. The summed E-state index contributed by atoms with van der Waals surface area (Å²) in [5.74, 6) is 0. The first-order valence-electron chi connectivity index (χ1n) is 6.97. The molecule has 1 aliphatic rings. The van der Waals surface area contributed by atoms with Gasteiger partial charge in [-0.3, -0.25) is 4.90 Å². The average Bonchev–Trinajstić information content (AvgIpc) is 3.05. The van der Waals surface area contributed by atoms with E-state index in [1.165, 1.54) is 24.2 Å². The van der Waals surface area contributed by atoms with Gasteiger partial charge in [-0.2, -0.15) is 0 Å². The minimum atomic E-state index is -3.43. The summed E-state index contributed by atoms with van der Waals surface area (Å²) in [6.07, 6.45) is 2.42. The molecule has 1 saturated heterocycles. The van der Waals surface area contributed by atoms with E-state index in [1.54, 1.807) is 6.07 Å². The average molecular weight is 317 g/mol. The molecule has 7 heteroatoms. The van der Waals surface area contributed by atoms with Gasteiger partial charge in [-0.25, -0.2) is 13.1 Å². The van der Waals surface area contributed by atoms with Crippen molar-refractivity contribution < 1.29 is 8.42 Å². The fraction of sp³-hybridized carbons (Fsp3) is 0.692. The van der Waals surface area contributed by atoms with Gasteiger partial charge in [0, 0.05) is 28.9 Å². The molecule has 0 aliphatic carbocycles. The molecule has 2 heterocycles. The van der Waals surface area contributed by atoms with Crippen LogP contribution in [0.4, 0.5) is 0 Å². The van der Waals surface area contributed by atoms with Crippen LogP contribution in [-0.2, 0) is 16.6 Å². The molecule has 1 aliphatic heterocycles. The number of aryl methyl sites for hydroxylation is 1. The minimum absolute atomic E-state index is 0.236. The van der Waals surface area contributed by atoms with Crippen molar-refractivity contribution in [2.24, 2.45) is 5.73 Å². The Bertz CT molecular complexity index is 548. The molecule has 5 nitrogen and oxygen atoms in total. The highest BCUT2D eigenvalue weighted by Gasteiger charge is 2.23. The molecule has 114 valence electrons. The van der Waals surface area contributed by atoms with Gasteiger partial charge in [-0.1, -0.05) is 0 Å². The topological polar surface area (TPSA) is 75.4 Å². The number of sulfonamides is 1. The van der Waals surface area contributed by atoms with E-state index in [0.717, 1.165) is 22.8 Å². The highest BCUT2D eigenvalue weighted by Crippen LogP contribution is 2.25. The molecule has 0 saturated carbocycles. The third kappa shape index (κ3) is 3.59. The van der Waals surface area contributed by atoms with Crippen molar-refractivity contribution in [3.05, 3.63) is 15.8 Å². The monoisotopic (exact) mass is 317 g/mol. The number of hydrogen-bond acceptors (Lipinski definition) is 5. The van der Waals surface area contributed by atoms with Gasteiger partial charge in [0.15, 0.2) is 0 Å². The van der Waals surface area contributed by atoms with Gasteiger partial charge < -0.3 is 5.73 Å². The standard InChI is InChI=1S/C13H23N3O2S2/c1-10(16-5-3-4-6-16)9-15-20(17,18)13-7-12(8-14)19-11(13)2/h7,10,15H,3-6,8-9,14H2,1-2H3. The van der Waals surface area contributed by atoms with Crippen LogP contribution in [0.1, 0.15) is 29.5 Å². The Kier molecular flexibility index (Phi) is 5.19. The van der Waals surface area contributed by atoms with Crippen LogP contribution in [0.5, 0.6) is 0 Å². The lowest BCUT2D eigenvalue weighted by Crippen LogP contribution is -2.40. The Labute approximate surface area is 125 Å². The van der Waals surface area contributed by atoms with Gasteiger partial charge >= 0.3 is 0 Å². The first-order valence-corrected chi connectivity index (χ1v) is 9.27. The number of nitrogens with two attached hydrogens (primary N) is 1. The molecule has 20 heavy (non-hydrogen) atoms. The highest BCUT2D eigenvalue weighted by atomic mass is 32.2. The van der Waals surface area contributed by atoms with Gasteiger partial charge in [0.1, 0.15) is 0 Å². The fourth-order valence-electron chi connectivity index (χ4n) is 2.51. The fourth-order valence-corrected chi connectivity index (χ4v) is 5.14. The van der Waals surface area contributed by atoms with Crippen molar-refractivity contribution in [3.8, 4) is 0 Å². The van der Waals surface area contributed by atoms with E-state index in [2.05, 4.69) is 16.5 Å². The molecule has 0 spiro atoms. The number of likely N-dealkylation sites (tertiary alicyclic amines) is 1. The van der Waals surface area contributed by atoms with E-state index in [-0.39, 0.29) is 6.04 Å². The molecule has 0 radical (unpaired) electrons. The summed E-state index contributed by atoms with van der Waals surface area (Å²) in [6.45, 7) is 6.86. The Morgan fingerprint density at radius 1 is 1.45 bits per heavy atom. The lowest BCUT2D eigenvalue weighted by Gasteiger charge is -2.23. The van der Waals surface area contributed by atoms with Crippen LogP contribution in [0.25, 0.3) is 0 Å².